The van der Waals surface area contributed by atoms with E-state index in [4.69, 9.17) is 4.74 Å². The largest absolute Gasteiger partial charge is 0.462 e. The number of amides is 1. The Morgan fingerprint density at radius 2 is 1.87 bits per heavy atom. The summed E-state index contributed by atoms with van der Waals surface area (Å²) in [5, 5.41) is 7.45. The highest BCUT2D eigenvalue weighted by Crippen LogP contribution is 2.20. The molecule has 0 atom stereocenters. The van der Waals surface area contributed by atoms with Crippen molar-refractivity contribution in [1.29, 1.82) is 0 Å². The van der Waals surface area contributed by atoms with Crippen molar-refractivity contribution >= 4 is 18.1 Å². The van der Waals surface area contributed by atoms with Gasteiger partial charge in [-0.3, -0.25) is 4.79 Å². The molecule has 7 heteroatoms. The average Bonchev–Trinajstić information content (AvgIpc) is 3.06. The van der Waals surface area contributed by atoms with Gasteiger partial charge >= 0.3 is 5.97 Å². The first-order valence-corrected chi connectivity index (χ1v) is 11.0. The number of aryl methyl sites for hydroxylation is 1. The lowest BCUT2D eigenvalue weighted by Crippen LogP contribution is -2.38. The number of carbonyl (C=O) groups is 2. The van der Waals surface area contributed by atoms with Crippen LogP contribution >= 0.6 is 0 Å². The fourth-order valence-electron chi connectivity index (χ4n) is 4.03. The zero-order valence-electron chi connectivity index (χ0n) is 18.6. The van der Waals surface area contributed by atoms with Gasteiger partial charge in [0.2, 0.25) is 0 Å². The van der Waals surface area contributed by atoms with Gasteiger partial charge in [-0.1, -0.05) is 19.3 Å². The Balaban J connectivity index is 1.60. The number of nitrogens with one attached hydrogen (secondary N) is 2. The zero-order chi connectivity index (χ0) is 22.2. The first-order chi connectivity index (χ1) is 15.0. The van der Waals surface area contributed by atoms with Gasteiger partial charge in [-0.05, 0) is 63.9 Å². The Bertz CT molecular complexity index is 925. The molecule has 1 saturated carbocycles. The summed E-state index contributed by atoms with van der Waals surface area (Å²) in [5.41, 5.74) is 7.04. The van der Waals surface area contributed by atoms with E-state index in [9.17, 15) is 9.59 Å². The number of ether oxygens (including phenoxy) is 1. The van der Waals surface area contributed by atoms with Crippen molar-refractivity contribution in [2.24, 2.45) is 5.10 Å². The predicted molar refractivity (Wildman–Crippen MR) is 122 cm³/mol. The number of carbonyl (C=O) groups excluding carboxylic acids is 2. The number of nitrogens with zero attached hydrogens (tertiary/aromatic N) is 2. The molecular weight excluding hydrogens is 392 g/mol. The molecule has 0 spiro atoms. The van der Waals surface area contributed by atoms with Crippen LogP contribution in [-0.4, -0.2) is 41.9 Å². The molecule has 1 aromatic heterocycles. The van der Waals surface area contributed by atoms with Crippen LogP contribution in [0.5, 0.6) is 0 Å². The van der Waals surface area contributed by atoms with Crippen molar-refractivity contribution in [1.82, 2.24) is 15.3 Å². The van der Waals surface area contributed by atoms with Gasteiger partial charge in [0.05, 0.1) is 24.9 Å². The number of benzene rings is 1. The van der Waals surface area contributed by atoms with Crippen LogP contribution in [0, 0.1) is 13.8 Å². The monoisotopic (exact) mass is 424 g/mol. The van der Waals surface area contributed by atoms with Crippen molar-refractivity contribution in [3.05, 3.63) is 52.8 Å². The zero-order valence-corrected chi connectivity index (χ0v) is 18.6. The molecule has 0 aliphatic heterocycles. The lowest BCUT2D eigenvalue weighted by molar-refractivity contribution is -0.120. The van der Waals surface area contributed by atoms with Gasteiger partial charge in [-0.15, -0.1) is 0 Å². The number of esters is 1. The summed E-state index contributed by atoms with van der Waals surface area (Å²) in [7, 11) is 0. The quantitative estimate of drug-likeness (QED) is 0.385. The maximum Gasteiger partial charge on any atom is 0.338 e. The van der Waals surface area contributed by atoms with Crippen LogP contribution in [0.1, 0.15) is 66.3 Å². The van der Waals surface area contributed by atoms with Crippen molar-refractivity contribution in [3.63, 3.8) is 0 Å². The van der Waals surface area contributed by atoms with Crippen LogP contribution in [0.15, 0.2) is 35.4 Å². The van der Waals surface area contributed by atoms with E-state index in [1.807, 2.05) is 32.0 Å². The summed E-state index contributed by atoms with van der Waals surface area (Å²) in [4.78, 5) is 23.9. The van der Waals surface area contributed by atoms with Gasteiger partial charge in [0.25, 0.3) is 5.91 Å². The minimum atomic E-state index is -0.323. The van der Waals surface area contributed by atoms with Gasteiger partial charge < -0.3 is 14.6 Å². The molecule has 0 unspecified atom stereocenters. The second-order valence-corrected chi connectivity index (χ2v) is 7.94. The van der Waals surface area contributed by atoms with Gasteiger partial charge in [0.1, 0.15) is 0 Å². The molecule has 1 aliphatic rings. The first kappa shape index (κ1) is 22.7. The molecule has 166 valence electrons. The smallest absolute Gasteiger partial charge is 0.338 e. The summed E-state index contributed by atoms with van der Waals surface area (Å²) in [6.07, 6.45) is 7.72. The number of hydrazone groups is 1. The minimum Gasteiger partial charge on any atom is -0.462 e. The number of rotatable bonds is 8. The Kier molecular flexibility index (Phi) is 8.00. The van der Waals surface area contributed by atoms with E-state index in [2.05, 4.69) is 20.4 Å². The summed E-state index contributed by atoms with van der Waals surface area (Å²) >= 11 is 0. The second kappa shape index (κ2) is 10.9. The number of aromatic nitrogens is 1. The maximum absolute atomic E-state index is 12.1. The highest BCUT2D eigenvalue weighted by atomic mass is 16.5. The molecule has 1 amide bonds. The number of hydrogen-bond donors (Lipinski definition) is 2. The molecule has 1 heterocycles. The SMILES string of the molecule is CCOC(=O)c1ccc(-n2c(C)cc(/C=N\NC(=O)CNC3CCCCC3)c2C)cc1. The molecule has 0 radical (unpaired) electrons. The van der Waals surface area contributed by atoms with Crippen molar-refractivity contribution in [3.8, 4) is 5.69 Å². The third-order valence-electron chi connectivity index (χ3n) is 5.66. The van der Waals surface area contributed by atoms with Gasteiger partial charge in [0.15, 0.2) is 0 Å². The minimum absolute atomic E-state index is 0.134. The molecule has 0 bridgehead atoms. The van der Waals surface area contributed by atoms with E-state index in [-0.39, 0.29) is 18.4 Å². The third-order valence-corrected chi connectivity index (χ3v) is 5.66. The van der Waals surface area contributed by atoms with E-state index in [0.717, 1.165) is 35.5 Å². The van der Waals surface area contributed by atoms with Gasteiger partial charge in [-0.25, -0.2) is 10.2 Å². The fourth-order valence-corrected chi connectivity index (χ4v) is 4.03. The van der Waals surface area contributed by atoms with E-state index in [0.29, 0.717) is 18.2 Å². The lowest BCUT2D eigenvalue weighted by Gasteiger charge is -2.22. The molecule has 2 aromatic rings. The van der Waals surface area contributed by atoms with Gasteiger partial charge in [-0.2, -0.15) is 5.10 Å². The Hall–Kier alpha value is -2.93. The van der Waals surface area contributed by atoms with Crippen molar-refractivity contribution in [2.45, 2.75) is 58.9 Å². The summed E-state index contributed by atoms with van der Waals surface area (Å²) in [6.45, 7) is 6.44. The molecule has 0 saturated heterocycles. The van der Waals surface area contributed by atoms with E-state index in [1.54, 1.807) is 25.3 Å². The Morgan fingerprint density at radius 1 is 1.16 bits per heavy atom. The first-order valence-electron chi connectivity index (χ1n) is 11.0. The summed E-state index contributed by atoms with van der Waals surface area (Å²) in [5.74, 6) is -0.457. The standard InChI is InChI=1S/C24H32N4O3/c1-4-31-24(30)19-10-12-22(13-11-19)28-17(2)14-20(18(28)3)15-26-27-23(29)16-25-21-8-6-5-7-9-21/h10-15,21,25H,4-9,16H2,1-3H3,(H,27,29)/b26-15-. The van der Waals surface area contributed by atoms with Crippen LogP contribution in [0.3, 0.4) is 0 Å². The molecule has 31 heavy (non-hydrogen) atoms. The number of hydrogen-bond acceptors (Lipinski definition) is 5. The topological polar surface area (TPSA) is 84.7 Å². The Morgan fingerprint density at radius 3 is 2.55 bits per heavy atom. The van der Waals surface area contributed by atoms with Crippen LogP contribution in [0.4, 0.5) is 0 Å². The van der Waals surface area contributed by atoms with Crippen LogP contribution < -0.4 is 10.7 Å². The highest BCUT2D eigenvalue weighted by molar-refractivity contribution is 5.89. The van der Waals surface area contributed by atoms with Crippen molar-refractivity contribution < 1.29 is 14.3 Å². The maximum atomic E-state index is 12.1. The van der Waals surface area contributed by atoms with Gasteiger partial charge in [0, 0.05) is 28.7 Å². The van der Waals surface area contributed by atoms with Crippen LogP contribution in [0.25, 0.3) is 5.69 Å². The van der Waals surface area contributed by atoms with Crippen LogP contribution in [0.2, 0.25) is 0 Å². The molecule has 3 rings (SSSR count). The normalized spacial score (nSPS) is 14.7. The summed E-state index contributed by atoms with van der Waals surface area (Å²) < 4.78 is 7.12. The molecule has 1 aliphatic carbocycles. The third kappa shape index (κ3) is 6.04. The predicted octanol–water partition coefficient (Wildman–Crippen LogP) is 3.64. The highest BCUT2D eigenvalue weighted by Gasteiger charge is 2.14. The molecular formula is C24H32N4O3. The van der Waals surface area contributed by atoms with E-state index < -0.39 is 0 Å². The van der Waals surface area contributed by atoms with Crippen LogP contribution in [-0.2, 0) is 9.53 Å². The average molecular weight is 425 g/mol. The second-order valence-electron chi connectivity index (χ2n) is 7.94. The summed E-state index contributed by atoms with van der Waals surface area (Å²) in [6, 6.07) is 9.78. The van der Waals surface area contributed by atoms with E-state index >= 15 is 0 Å². The molecule has 7 nitrogen and oxygen atoms in total. The Labute approximate surface area is 183 Å². The molecule has 1 aromatic carbocycles. The molecule has 2 N–H and O–H groups in total. The van der Waals surface area contributed by atoms with E-state index in [1.165, 1.54) is 19.3 Å². The molecule has 1 fully saturated rings. The fraction of sp³-hybridized carbons (Fsp3) is 0.458. The van der Waals surface area contributed by atoms with Crippen molar-refractivity contribution in [2.75, 3.05) is 13.2 Å². The lowest BCUT2D eigenvalue weighted by atomic mass is 9.95.